The van der Waals surface area contributed by atoms with Crippen LogP contribution in [0.2, 0.25) is 10.0 Å². The van der Waals surface area contributed by atoms with Gasteiger partial charge >= 0.3 is 5.97 Å². The number of pyridine rings is 1. The average molecular weight is 499 g/mol. The van der Waals surface area contributed by atoms with Crippen molar-refractivity contribution in [1.29, 1.82) is 0 Å². The Morgan fingerprint density at radius 2 is 2.03 bits per heavy atom. The molecule has 0 radical (unpaired) electrons. The van der Waals surface area contributed by atoms with Crippen LogP contribution in [0.15, 0.2) is 46.7 Å². The lowest BCUT2D eigenvalue weighted by Gasteiger charge is -2.25. The first-order valence-corrected chi connectivity index (χ1v) is 12.1. The molecular weight excluding hydrogens is 479 g/mol. The summed E-state index contributed by atoms with van der Waals surface area (Å²) in [4.78, 5) is 19.8. The zero-order valence-electron chi connectivity index (χ0n) is 16.8. The Morgan fingerprint density at radius 3 is 2.78 bits per heavy atom. The monoisotopic (exact) mass is 498 g/mol. The lowest BCUT2D eigenvalue weighted by atomic mass is 9.95. The fourth-order valence-electron chi connectivity index (χ4n) is 3.51. The molecule has 1 fully saturated rings. The number of halogens is 2. The normalized spacial score (nSPS) is 21.7. The number of hydrogen-bond acceptors (Lipinski definition) is 8. The summed E-state index contributed by atoms with van der Waals surface area (Å²) >= 11 is 12.2. The van der Waals surface area contributed by atoms with E-state index < -0.39 is 16.0 Å². The Morgan fingerprint density at radius 1 is 1.19 bits per heavy atom. The molecule has 1 aromatic carbocycles. The number of nitrogens with zero attached hydrogens (tertiary/aromatic N) is 2. The van der Waals surface area contributed by atoms with Crippen LogP contribution in [0.4, 0.5) is 0 Å². The van der Waals surface area contributed by atoms with Crippen LogP contribution in [0.5, 0.6) is 0 Å². The zero-order chi connectivity index (χ0) is 22.7. The summed E-state index contributed by atoms with van der Waals surface area (Å²) < 4.78 is 34.5. The molecule has 1 saturated heterocycles. The van der Waals surface area contributed by atoms with E-state index in [0.717, 1.165) is 5.56 Å². The number of rotatable bonds is 6. The summed E-state index contributed by atoms with van der Waals surface area (Å²) in [6, 6.07) is 6.67. The van der Waals surface area contributed by atoms with E-state index in [1.807, 2.05) is 6.07 Å². The highest BCUT2D eigenvalue weighted by molar-refractivity contribution is 7.89. The topological polar surface area (TPSA) is 119 Å². The van der Waals surface area contributed by atoms with Gasteiger partial charge < -0.3 is 14.9 Å². The SMILES string of the molecule is O=C1CC(c2cncc(S(=O)(=O)NC[C@@H]3CNCCO[C@H]3c3ccc(Cl)c(Cl)c3)c2)=NO1. The van der Waals surface area contributed by atoms with Crippen molar-refractivity contribution in [1.82, 2.24) is 15.0 Å². The van der Waals surface area contributed by atoms with Gasteiger partial charge in [-0.2, -0.15) is 0 Å². The van der Waals surface area contributed by atoms with Gasteiger partial charge in [-0.3, -0.25) is 4.98 Å². The number of carbonyl (C=O) groups excluding carboxylic acids is 1. The highest BCUT2D eigenvalue weighted by Crippen LogP contribution is 2.32. The first-order valence-electron chi connectivity index (χ1n) is 9.82. The number of hydrogen-bond donors (Lipinski definition) is 2. The van der Waals surface area contributed by atoms with Crippen LogP contribution in [0.1, 0.15) is 23.7 Å². The second-order valence-electron chi connectivity index (χ2n) is 7.37. The number of oxime groups is 1. The van der Waals surface area contributed by atoms with Crippen LogP contribution in [-0.4, -0.2) is 51.3 Å². The molecule has 0 saturated carbocycles. The third-order valence-corrected chi connectivity index (χ3v) is 7.27. The largest absolute Gasteiger partial charge is 0.372 e. The Hall–Kier alpha value is -2.08. The molecule has 0 unspecified atom stereocenters. The molecule has 2 aliphatic rings. The van der Waals surface area contributed by atoms with Gasteiger partial charge in [0.25, 0.3) is 0 Å². The number of carbonyl (C=O) groups is 1. The van der Waals surface area contributed by atoms with Crippen molar-refractivity contribution < 1.29 is 22.8 Å². The quantitative estimate of drug-likeness (QED) is 0.586. The molecule has 4 rings (SSSR count). The van der Waals surface area contributed by atoms with E-state index in [2.05, 4.69) is 25.0 Å². The number of aromatic nitrogens is 1. The van der Waals surface area contributed by atoms with Crippen LogP contribution in [0, 0.1) is 5.92 Å². The summed E-state index contributed by atoms with van der Waals surface area (Å²) in [6.07, 6.45) is 2.27. The predicted octanol–water partition coefficient (Wildman–Crippen LogP) is 2.30. The third kappa shape index (κ3) is 5.28. The van der Waals surface area contributed by atoms with Gasteiger partial charge in [-0.1, -0.05) is 34.4 Å². The van der Waals surface area contributed by atoms with E-state index >= 15 is 0 Å². The summed E-state index contributed by atoms with van der Waals surface area (Å²) in [5, 5.41) is 7.76. The molecule has 2 aliphatic heterocycles. The van der Waals surface area contributed by atoms with E-state index in [1.165, 1.54) is 18.5 Å². The Bertz CT molecular complexity index is 1160. The maximum absolute atomic E-state index is 12.9. The molecule has 3 heterocycles. The minimum absolute atomic E-state index is 0.0327. The van der Waals surface area contributed by atoms with Crippen LogP contribution in [0.3, 0.4) is 0 Å². The standard InChI is InChI=1S/C20H20Cl2N4O5S/c21-16-2-1-12(6-17(16)22)20-14(9-23-3-4-30-20)10-25-32(28,29)15-5-13(8-24-11-15)18-7-19(27)31-26-18/h1-2,5-6,8,11,14,20,23,25H,3-4,7,9-10H2/t14-,20-/m0/s1. The van der Waals surface area contributed by atoms with E-state index in [9.17, 15) is 13.2 Å². The van der Waals surface area contributed by atoms with Crippen LogP contribution in [0.25, 0.3) is 0 Å². The van der Waals surface area contributed by atoms with Gasteiger partial charge in [0, 0.05) is 43.5 Å². The minimum Gasteiger partial charge on any atom is -0.372 e. The zero-order valence-corrected chi connectivity index (χ0v) is 19.1. The second kappa shape index (κ2) is 9.82. The molecule has 2 aromatic rings. The van der Waals surface area contributed by atoms with Gasteiger partial charge in [-0.05, 0) is 23.8 Å². The average Bonchev–Trinajstić information content (AvgIpc) is 3.08. The number of sulfonamides is 1. The minimum atomic E-state index is -3.88. The molecule has 9 nitrogen and oxygen atoms in total. The van der Waals surface area contributed by atoms with Gasteiger partial charge in [0.15, 0.2) is 0 Å². The lowest BCUT2D eigenvalue weighted by molar-refractivity contribution is -0.140. The molecule has 1 aromatic heterocycles. The second-order valence-corrected chi connectivity index (χ2v) is 9.95. The molecule has 2 N–H and O–H groups in total. The molecule has 0 bridgehead atoms. The molecule has 2 atom stereocenters. The van der Waals surface area contributed by atoms with Gasteiger partial charge in [0.2, 0.25) is 10.0 Å². The van der Waals surface area contributed by atoms with Crippen LogP contribution in [-0.2, 0) is 24.4 Å². The summed E-state index contributed by atoms with van der Waals surface area (Å²) in [5.74, 6) is -0.702. The lowest BCUT2D eigenvalue weighted by Crippen LogP contribution is -2.36. The highest BCUT2D eigenvalue weighted by Gasteiger charge is 2.29. The predicted molar refractivity (Wildman–Crippen MR) is 118 cm³/mol. The van der Waals surface area contributed by atoms with Gasteiger partial charge in [0.05, 0.1) is 29.2 Å². The van der Waals surface area contributed by atoms with Gasteiger partial charge in [-0.25, -0.2) is 17.9 Å². The van der Waals surface area contributed by atoms with Crippen LogP contribution >= 0.6 is 23.2 Å². The Balaban J connectivity index is 1.51. The van der Waals surface area contributed by atoms with Crippen molar-refractivity contribution in [2.75, 3.05) is 26.2 Å². The van der Waals surface area contributed by atoms with E-state index in [-0.39, 0.29) is 29.9 Å². The Kier molecular flexibility index (Phi) is 7.08. The molecule has 12 heteroatoms. The number of nitrogens with one attached hydrogen (secondary N) is 2. The van der Waals surface area contributed by atoms with E-state index in [4.69, 9.17) is 27.9 Å². The molecule has 32 heavy (non-hydrogen) atoms. The summed E-state index contributed by atoms with van der Waals surface area (Å²) in [7, 11) is -3.88. The van der Waals surface area contributed by atoms with Gasteiger partial charge in [-0.15, -0.1) is 0 Å². The molecule has 170 valence electrons. The van der Waals surface area contributed by atoms with E-state index in [1.54, 1.807) is 12.1 Å². The molecule has 0 aliphatic carbocycles. The fourth-order valence-corrected chi connectivity index (χ4v) is 4.90. The molecule has 0 spiro atoms. The smallest absolute Gasteiger partial charge is 0.341 e. The highest BCUT2D eigenvalue weighted by atomic mass is 35.5. The van der Waals surface area contributed by atoms with Gasteiger partial charge in [0.1, 0.15) is 10.6 Å². The fraction of sp³-hybridized carbons (Fsp3) is 0.350. The number of ether oxygens (including phenoxy) is 1. The third-order valence-electron chi connectivity index (χ3n) is 5.14. The maximum atomic E-state index is 12.9. The van der Waals surface area contributed by atoms with Crippen molar-refractivity contribution in [2.45, 2.75) is 17.4 Å². The van der Waals surface area contributed by atoms with Crippen molar-refractivity contribution in [3.63, 3.8) is 0 Å². The van der Waals surface area contributed by atoms with Crippen molar-refractivity contribution in [3.05, 3.63) is 57.8 Å². The molecular formula is C20H20Cl2N4O5S. The maximum Gasteiger partial charge on any atom is 0.341 e. The van der Waals surface area contributed by atoms with Crippen molar-refractivity contribution in [3.8, 4) is 0 Å². The first kappa shape index (κ1) is 23.1. The number of benzene rings is 1. The van der Waals surface area contributed by atoms with Crippen molar-refractivity contribution in [2.24, 2.45) is 11.1 Å². The first-order chi connectivity index (χ1) is 15.3. The molecule has 0 amide bonds. The summed E-state index contributed by atoms with van der Waals surface area (Å²) in [6.45, 7) is 1.79. The van der Waals surface area contributed by atoms with E-state index in [0.29, 0.717) is 41.0 Å². The summed E-state index contributed by atoms with van der Waals surface area (Å²) in [5.41, 5.74) is 1.56. The van der Waals surface area contributed by atoms with Crippen molar-refractivity contribution >= 4 is 44.9 Å². The van der Waals surface area contributed by atoms with Crippen LogP contribution < -0.4 is 10.0 Å². The Labute approximate surface area is 195 Å².